The Hall–Kier alpha value is -5.50. The molecule has 0 saturated heterocycles. The number of hydrogen-bond acceptors (Lipinski definition) is 9. The fourth-order valence-electron chi connectivity index (χ4n) is 3.53. The third-order valence-electron chi connectivity index (χ3n) is 5.50. The van der Waals surface area contributed by atoms with E-state index in [1.54, 1.807) is 18.2 Å². The third kappa shape index (κ3) is 8.24. The van der Waals surface area contributed by atoms with Gasteiger partial charge in [-0.15, -0.1) is 5.10 Å². The van der Waals surface area contributed by atoms with Gasteiger partial charge in [-0.2, -0.15) is 4.68 Å². The van der Waals surface area contributed by atoms with Crippen molar-refractivity contribution in [1.82, 2.24) is 40.8 Å². The SMILES string of the molecule is O=C(C=Cc1cc(Cl)ccc1-n1cnnn1)N[C@@H](CC(=O)NCc1cnccn1)C(=O)Nc1ccc(C(=O)O)cc1. The zero-order valence-electron chi connectivity index (χ0n) is 21.1. The third-order valence-corrected chi connectivity index (χ3v) is 5.74. The molecule has 208 valence electrons. The second-order valence-electron chi connectivity index (χ2n) is 8.40. The van der Waals surface area contributed by atoms with Crippen LogP contribution in [0.3, 0.4) is 0 Å². The molecule has 14 nitrogen and oxygen atoms in total. The van der Waals surface area contributed by atoms with Crippen LogP contribution in [0.15, 0.2) is 73.5 Å². The number of nitrogens with zero attached hydrogens (tertiary/aromatic N) is 6. The first-order valence-corrected chi connectivity index (χ1v) is 12.3. The van der Waals surface area contributed by atoms with Gasteiger partial charge in [0.25, 0.3) is 0 Å². The van der Waals surface area contributed by atoms with Crippen molar-refractivity contribution in [2.75, 3.05) is 5.32 Å². The number of aromatic carboxylic acids is 1. The summed E-state index contributed by atoms with van der Waals surface area (Å²) in [5, 5.41) is 28.3. The second kappa shape index (κ2) is 13.5. The van der Waals surface area contributed by atoms with Crippen LogP contribution in [0.4, 0.5) is 5.69 Å². The highest BCUT2D eigenvalue weighted by atomic mass is 35.5. The number of anilines is 1. The van der Waals surface area contributed by atoms with E-state index in [1.165, 1.54) is 66.0 Å². The number of nitrogens with one attached hydrogen (secondary N) is 3. The maximum absolute atomic E-state index is 13.1. The monoisotopic (exact) mass is 575 g/mol. The lowest BCUT2D eigenvalue weighted by atomic mass is 10.1. The number of tetrazole rings is 1. The average molecular weight is 576 g/mol. The van der Waals surface area contributed by atoms with Crippen molar-refractivity contribution in [2.45, 2.75) is 19.0 Å². The molecule has 0 unspecified atom stereocenters. The fourth-order valence-corrected chi connectivity index (χ4v) is 3.71. The minimum atomic E-state index is -1.29. The normalized spacial score (nSPS) is 11.5. The lowest BCUT2D eigenvalue weighted by Gasteiger charge is -2.18. The molecular formula is C26H22ClN9O5. The first kappa shape index (κ1) is 28.5. The molecule has 3 amide bonds. The standard InChI is InChI=1S/C26H22ClN9O5/c27-18-4-7-22(36-15-31-34-35-36)17(11-18)3-8-23(37)33-21(12-24(38)30-14-20-13-28-9-10-29-20)25(39)32-19-5-1-16(2-6-19)26(40)41/h1-11,13,15,21H,12,14H2,(H,30,38)(H,32,39)(H,33,37)(H,40,41)/t21-/m0/s1. The van der Waals surface area contributed by atoms with Crippen molar-refractivity contribution >= 4 is 47.1 Å². The molecule has 0 saturated carbocycles. The first-order chi connectivity index (χ1) is 19.8. The van der Waals surface area contributed by atoms with Gasteiger partial charge in [0.05, 0.1) is 36.1 Å². The quantitative estimate of drug-likeness (QED) is 0.191. The number of carboxylic acid groups (broad SMARTS) is 1. The van der Waals surface area contributed by atoms with Crippen LogP contribution < -0.4 is 16.0 Å². The van der Waals surface area contributed by atoms with E-state index in [9.17, 15) is 19.2 Å². The number of benzene rings is 2. The van der Waals surface area contributed by atoms with Crippen molar-refractivity contribution in [3.8, 4) is 5.69 Å². The van der Waals surface area contributed by atoms with E-state index in [-0.39, 0.29) is 17.8 Å². The maximum Gasteiger partial charge on any atom is 0.335 e. The summed E-state index contributed by atoms with van der Waals surface area (Å²) >= 11 is 6.12. The number of amides is 3. The van der Waals surface area contributed by atoms with Gasteiger partial charge in [-0.3, -0.25) is 24.4 Å². The van der Waals surface area contributed by atoms with Gasteiger partial charge < -0.3 is 21.1 Å². The molecule has 2 aromatic heterocycles. The molecule has 2 aromatic carbocycles. The fraction of sp³-hybridized carbons (Fsp3) is 0.115. The Morgan fingerprint density at radius 1 is 1.07 bits per heavy atom. The van der Waals surface area contributed by atoms with Gasteiger partial charge in [-0.05, 0) is 59.0 Å². The van der Waals surface area contributed by atoms with Crippen LogP contribution in [-0.2, 0) is 20.9 Å². The van der Waals surface area contributed by atoms with E-state index >= 15 is 0 Å². The lowest BCUT2D eigenvalue weighted by molar-refractivity contribution is -0.128. The second-order valence-corrected chi connectivity index (χ2v) is 8.84. The Balaban J connectivity index is 1.48. The van der Waals surface area contributed by atoms with E-state index in [1.807, 2.05) is 0 Å². The van der Waals surface area contributed by atoms with Crippen LogP contribution in [0.1, 0.15) is 28.0 Å². The summed E-state index contributed by atoms with van der Waals surface area (Å²) in [4.78, 5) is 57.7. The molecule has 4 rings (SSSR count). The minimum Gasteiger partial charge on any atom is -0.478 e. The molecule has 0 aliphatic carbocycles. The van der Waals surface area contributed by atoms with Crippen molar-refractivity contribution in [3.63, 3.8) is 0 Å². The zero-order chi connectivity index (χ0) is 29.2. The highest BCUT2D eigenvalue weighted by molar-refractivity contribution is 6.30. The summed E-state index contributed by atoms with van der Waals surface area (Å²) in [6.45, 7) is 0.0696. The topological polar surface area (TPSA) is 194 Å². The van der Waals surface area contributed by atoms with Crippen LogP contribution in [0, 0.1) is 0 Å². The van der Waals surface area contributed by atoms with Gasteiger partial charge in [0.2, 0.25) is 17.7 Å². The minimum absolute atomic E-state index is 0.0310. The summed E-state index contributed by atoms with van der Waals surface area (Å²) < 4.78 is 1.39. The van der Waals surface area contributed by atoms with E-state index in [4.69, 9.17) is 16.7 Å². The van der Waals surface area contributed by atoms with E-state index in [0.717, 1.165) is 0 Å². The van der Waals surface area contributed by atoms with Gasteiger partial charge in [0.15, 0.2) is 0 Å². The molecular weight excluding hydrogens is 554 g/mol. The van der Waals surface area contributed by atoms with Crippen molar-refractivity contribution < 1.29 is 24.3 Å². The van der Waals surface area contributed by atoms with E-state index in [0.29, 0.717) is 22.0 Å². The molecule has 41 heavy (non-hydrogen) atoms. The number of hydrogen-bond donors (Lipinski definition) is 4. The molecule has 0 bridgehead atoms. The molecule has 1 atom stereocenters. The Labute approximate surface area is 237 Å². The highest BCUT2D eigenvalue weighted by Crippen LogP contribution is 2.20. The number of carboxylic acids is 1. The van der Waals surface area contributed by atoms with Crippen molar-refractivity contribution in [2.24, 2.45) is 0 Å². The molecule has 0 aliphatic heterocycles. The van der Waals surface area contributed by atoms with Gasteiger partial charge in [0, 0.05) is 34.7 Å². The Bertz CT molecular complexity index is 1560. The highest BCUT2D eigenvalue weighted by Gasteiger charge is 2.24. The number of rotatable bonds is 11. The van der Waals surface area contributed by atoms with Crippen molar-refractivity contribution in [1.29, 1.82) is 0 Å². The van der Waals surface area contributed by atoms with Crippen LogP contribution in [0.25, 0.3) is 11.8 Å². The molecule has 0 aliphatic rings. The number of carbonyl (C=O) groups is 4. The summed E-state index contributed by atoms with van der Waals surface area (Å²) in [6, 6.07) is 9.05. The molecule has 4 aromatic rings. The zero-order valence-corrected chi connectivity index (χ0v) is 21.9. The molecule has 4 N–H and O–H groups in total. The van der Waals surface area contributed by atoms with Gasteiger partial charge in [0.1, 0.15) is 12.4 Å². The number of aromatic nitrogens is 6. The molecule has 2 heterocycles. The van der Waals surface area contributed by atoms with Gasteiger partial charge >= 0.3 is 5.97 Å². The molecule has 0 spiro atoms. The Kier molecular flexibility index (Phi) is 9.41. The van der Waals surface area contributed by atoms with Crippen LogP contribution in [0.5, 0.6) is 0 Å². The van der Waals surface area contributed by atoms with Crippen LogP contribution in [0.2, 0.25) is 5.02 Å². The summed E-state index contributed by atoms with van der Waals surface area (Å²) in [5.41, 5.74) is 1.88. The summed E-state index contributed by atoms with van der Waals surface area (Å²) in [5.74, 6) is -3.02. The molecule has 0 fully saturated rings. The Morgan fingerprint density at radius 3 is 2.56 bits per heavy atom. The van der Waals surface area contributed by atoms with E-state index in [2.05, 4.69) is 41.4 Å². The van der Waals surface area contributed by atoms with Crippen molar-refractivity contribution in [3.05, 3.63) is 95.3 Å². The maximum atomic E-state index is 13.1. The molecule has 0 radical (unpaired) electrons. The van der Waals surface area contributed by atoms with Gasteiger partial charge in [-0.1, -0.05) is 11.6 Å². The lowest BCUT2D eigenvalue weighted by Crippen LogP contribution is -2.46. The number of halogens is 1. The first-order valence-electron chi connectivity index (χ1n) is 12.0. The summed E-state index contributed by atoms with van der Waals surface area (Å²) in [6.07, 6.45) is 8.08. The average Bonchev–Trinajstić information content (AvgIpc) is 3.50. The van der Waals surface area contributed by atoms with Crippen LogP contribution >= 0.6 is 11.6 Å². The predicted octanol–water partition coefficient (Wildman–Crippen LogP) is 1.65. The number of carbonyl (C=O) groups excluding carboxylic acids is 3. The smallest absolute Gasteiger partial charge is 0.335 e. The largest absolute Gasteiger partial charge is 0.478 e. The summed E-state index contributed by atoms with van der Waals surface area (Å²) in [7, 11) is 0. The molecule has 15 heteroatoms. The van der Waals surface area contributed by atoms with E-state index < -0.39 is 36.2 Å². The Morgan fingerprint density at radius 2 is 1.88 bits per heavy atom. The predicted molar refractivity (Wildman–Crippen MR) is 146 cm³/mol. The van der Waals surface area contributed by atoms with Gasteiger partial charge in [-0.25, -0.2) is 4.79 Å². The van der Waals surface area contributed by atoms with Crippen LogP contribution in [-0.4, -0.2) is 65.0 Å².